The zero-order valence-electron chi connectivity index (χ0n) is 13.1. The predicted molar refractivity (Wildman–Crippen MR) is 79.2 cm³/mol. The lowest BCUT2D eigenvalue weighted by atomic mass is 10.1. The highest BCUT2D eigenvalue weighted by atomic mass is 32.2. The van der Waals surface area contributed by atoms with Crippen LogP contribution in [0.5, 0.6) is 0 Å². The van der Waals surface area contributed by atoms with Gasteiger partial charge in [0.05, 0.1) is 24.5 Å². The Labute approximate surface area is 129 Å². The fraction of sp³-hybridized carbons (Fsp3) is 0.615. The number of aromatic nitrogens is 2. The molecule has 0 bridgehead atoms. The van der Waals surface area contributed by atoms with E-state index < -0.39 is 33.1 Å². The summed E-state index contributed by atoms with van der Waals surface area (Å²) < 4.78 is 32.2. The number of amides is 1. The predicted octanol–water partition coefficient (Wildman–Crippen LogP) is -0.00370. The number of carbonyl (C=O) groups is 2. The second-order valence-electron chi connectivity index (χ2n) is 5.11. The number of carbonyl (C=O) groups excluding carboxylic acids is 2. The van der Waals surface area contributed by atoms with E-state index >= 15 is 0 Å². The van der Waals surface area contributed by atoms with Crippen LogP contribution in [0.4, 0.5) is 0 Å². The lowest BCUT2D eigenvalue weighted by Crippen LogP contribution is -2.42. The number of sulfonamides is 1. The van der Waals surface area contributed by atoms with Gasteiger partial charge in [0.1, 0.15) is 0 Å². The van der Waals surface area contributed by atoms with Gasteiger partial charge in [0.15, 0.2) is 0 Å². The van der Waals surface area contributed by atoms with Gasteiger partial charge < -0.3 is 4.74 Å². The molecule has 0 aliphatic carbocycles. The standard InChI is InChI=1S/C13H21N3O5S/c1-9(13(18)21-4)10(2)22(19,20)15-12(17)6-5-11-7-14-16(3)8-11/h7-10H,5-6H2,1-4H3,(H,15,17). The van der Waals surface area contributed by atoms with Crippen molar-refractivity contribution >= 4 is 21.9 Å². The van der Waals surface area contributed by atoms with Gasteiger partial charge in [-0.25, -0.2) is 8.42 Å². The summed E-state index contributed by atoms with van der Waals surface area (Å²) in [6.45, 7) is 2.80. The van der Waals surface area contributed by atoms with Crippen molar-refractivity contribution in [1.29, 1.82) is 0 Å². The van der Waals surface area contributed by atoms with E-state index in [1.165, 1.54) is 21.0 Å². The number of hydrogen-bond acceptors (Lipinski definition) is 6. The molecule has 8 nitrogen and oxygen atoms in total. The van der Waals surface area contributed by atoms with Crippen LogP contribution in [-0.2, 0) is 37.8 Å². The summed E-state index contributed by atoms with van der Waals surface area (Å²) in [5, 5.41) is 2.90. The maximum absolute atomic E-state index is 12.1. The summed E-state index contributed by atoms with van der Waals surface area (Å²) in [4.78, 5) is 23.2. The second kappa shape index (κ2) is 7.39. The Morgan fingerprint density at radius 3 is 2.55 bits per heavy atom. The number of methoxy groups -OCH3 is 1. The Balaban J connectivity index is 2.59. The summed E-state index contributed by atoms with van der Waals surface area (Å²) in [5.41, 5.74) is 0.839. The van der Waals surface area contributed by atoms with Crippen LogP contribution in [0.3, 0.4) is 0 Å². The summed E-state index contributed by atoms with van der Waals surface area (Å²) in [6, 6.07) is 0. The number of aryl methyl sites for hydroxylation is 2. The molecule has 0 aliphatic rings. The SMILES string of the molecule is COC(=O)C(C)C(C)S(=O)(=O)NC(=O)CCc1cnn(C)c1. The van der Waals surface area contributed by atoms with E-state index in [1.807, 2.05) is 4.72 Å². The van der Waals surface area contributed by atoms with Crippen LogP contribution in [-0.4, -0.2) is 42.4 Å². The Kier molecular flexibility index (Phi) is 6.10. The molecule has 1 aromatic rings. The van der Waals surface area contributed by atoms with Gasteiger partial charge in [0, 0.05) is 19.7 Å². The number of hydrogen-bond donors (Lipinski definition) is 1. The van der Waals surface area contributed by atoms with Gasteiger partial charge in [-0.1, -0.05) is 6.92 Å². The zero-order valence-corrected chi connectivity index (χ0v) is 13.9. The highest BCUT2D eigenvalue weighted by Gasteiger charge is 2.32. The van der Waals surface area contributed by atoms with Crippen molar-refractivity contribution in [3.63, 3.8) is 0 Å². The van der Waals surface area contributed by atoms with E-state index in [0.29, 0.717) is 6.42 Å². The molecule has 1 heterocycles. The molecule has 0 saturated heterocycles. The molecule has 0 radical (unpaired) electrons. The molecule has 1 N–H and O–H groups in total. The first kappa shape index (κ1) is 18.1. The van der Waals surface area contributed by atoms with Gasteiger partial charge in [-0.2, -0.15) is 5.10 Å². The highest BCUT2D eigenvalue weighted by molar-refractivity contribution is 7.90. The monoisotopic (exact) mass is 331 g/mol. The molecule has 2 unspecified atom stereocenters. The molecule has 0 spiro atoms. The van der Waals surface area contributed by atoms with Crippen molar-refractivity contribution in [1.82, 2.24) is 14.5 Å². The minimum atomic E-state index is -3.93. The molecule has 0 fully saturated rings. The Morgan fingerprint density at radius 2 is 2.05 bits per heavy atom. The van der Waals surface area contributed by atoms with Crippen LogP contribution >= 0.6 is 0 Å². The topological polar surface area (TPSA) is 107 Å². The first-order chi connectivity index (χ1) is 10.2. The Bertz CT molecular complexity index is 638. The maximum Gasteiger partial charge on any atom is 0.309 e. The van der Waals surface area contributed by atoms with E-state index in [1.54, 1.807) is 24.1 Å². The molecule has 1 amide bonds. The van der Waals surface area contributed by atoms with Gasteiger partial charge in [-0.3, -0.25) is 19.0 Å². The van der Waals surface area contributed by atoms with Crippen LogP contribution in [0.2, 0.25) is 0 Å². The summed E-state index contributed by atoms with van der Waals surface area (Å²) >= 11 is 0. The van der Waals surface area contributed by atoms with Crippen molar-refractivity contribution in [2.45, 2.75) is 31.9 Å². The van der Waals surface area contributed by atoms with Gasteiger partial charge in [0.2, 0.25) is 15.9 Å². The van der Waals surface area contributed by atoms with E-state index in [9.17, 15) is 18.0 Å². The van der Waals surface area contributed by atoms with Gasteiger partial charge in [0.25, 0.3) is 0 Å². The molecule has 1 aromatic heterocycles. The average molecular weight is 331 g/mol. The van der Waals surface area contributed by atoms with E-state index in [0.717, 1.165) is 5.56 Å². The molecular formula is C13H21N3O5S. The molecule has 0 aromatic carbocycles. The number of rotatable bonds is 7. The molecule has 124 valence electrons. The molecule has 2 atom stereocenters. The zero-order chi connectivity index (χ0) is 16.9. The normalized spacial score (nSPS) is 14.2. The Hall–Kier alpha value is -1.90. The van der Waals surface area contributed by atoms with Crippen molar-refractivity contribution in [3.8, 4) is 0 Å². The lowest BCUT2D eigenvalue weighted by molar-refractivity contribution is -0.144. The van der Waals surface area contributed by atoms with Crippen molar-refractivity contribution < 1.29 is 22.7 Å². The molecular weight excluding hydrogens is 310 g/mol. The van der Waals surface area contributed by atoms with Crippen molar-refractivity contribution in [2.24, 2.45) is 13.0 Å². The fourth-order valence-electron chi connectivity index (χ4n) is 1.81. The first-order valence-corrected chi connectivity index (χ1v) is 8.31. The molecule has 9 heteroatoms. The third-order valence-corrected chi connectivity index (χ3v) is 5.32. The lowest BCUT2D eigenvalue weighted by Gasteiger charge is -2.18. The minimum Gasteiger partial charge on any atom is -0.469 e. The van der Waals surface area contributed by atoms with Gasteiger partial charge in [-0.05, 0) is 18.9 Å². The van der Waals surface area contributed by atoms with Crippen molar-refractivity contribution in [2.75, 3.05) is 7.11 Å². The Morgan fingerprint density at radius 1 is 1.41 bits per heavy atom. The van der Waals surface area contributed by atoms with Gasteiger partial charge >= 0.3 is 5.97 Å². The molecule has 0 saturated carbocycles. The smallest absolute Gasteiger partial charge is 0.309 e. The van der Waals surface area contributed by atoms with Crippen molar-refractivity contribution in [3.05, 3.63) is 18.0 Å². The van der Waals surface area contributed by atoms with Crippen LogP contribution in [0.25, 0.3) is 0 Å². The summed E-state index contributed by atoms with van der Waals surface area (Å²) in [7, 11) is -0.995. The number of nitrogens with zero attached hydrogens (tertiary/aromatic N) is 2. The summed E-state index contributed by atoms with van der Waals surface area (Å²) in [6.07, 6.45) is 3.77. The van der Waals surface area contributed by atoms with E-state index in [2.05, 4.69) is 9.84 Å². The minimum absolute atomic E-state index is 0.0181. The quantitative estimate of drug-likeness (QED) is 0.705. The number of ether oxygens (including phenoxy) is 1. The fourth-order valence-corrected chi connectivity index (χ4v) is 3.06. The first-order valence-electron chi connectivity index (χ1n) is 6.77. The molecule has 1 rings (SSSR count). The number of esters is 1. The van der Waals surface area contributed by atoms with E-state index in [-0.39, 0.29) is 6.42 Å². The summed E-state index contributed by atoms with van der Waals surface area (Å²) in [5.74, 6) is -2.12. The maximum atomic E-state index is 12.1. The molecule has 0 aliphatic heterocycles. The largest absolute Gasteiger partial charge is 0.469 e. The van der Waals surface area contributed by atoms with Crippen LogP contribution in [0.15, 0.2) is 12.4 Å². The van der Waals surface area contributed by atoms with E-state index in [4.69, 9.17) is 0 Å². The van der Waals surface area contributed by atoms with Crippen LogP contribution < -0.4 is 4.72 Å². The molecule has 22 heavy (non-hydrogen) atoms. The third kappa shape index (κ3) is 4.83. The highest BCUT2D eigenvalue weighted by Crippen LogP contribution is 2.13. The average Bonchev–Trinajstić information content (AvgIpc) is 2.87. The number of nitrogens with one attached hydrogen (secondary N) is 1. The van der Waals surface area contributed by atoms with Crippen LogP contribution in [0, 0.1) is 5.92 Å². The second-order valence-corrected chi connectivity index (χ2v) is 7.15. The third-order valence-electron chi connectivity index (χ3n) is 3.42. The van der Waals surface area contributed by atoms with Gasteiger partial charge in [-0.15, -0.1) is 0 Å². The van der Waals surface area contributed by atoms with Crippen LogP contribution in [0.1, 0.15) is 25.8 Å².